The van der Waals surface area contributed by atoms with Gasteiger partial charge in [0.05, 0.1) is 12.5 Å². The van der Waals surface area contributed by atoms with Crippen molar-refractivity contribution in [2.75, 3.05) is 0 Å². The second kappa shape index (κ2) is 14.5. The zero-order valence-electron chi connectivity index (χ0n) is 21.3. The van der Waals surface area contributed by atoms with Gasteiger partial charge in [-0.3, -0.25) is 24.0 Å². The minimum absolute atomic E-state index is 0.0853. The molecule has 1 radical (unpaired) electrons. The molecule has 2 aromatic rings. The smallest absolute Gasteiger partial charge is 0.243 e. The molecule has 2 rings (SSSR count). The van der Waals surface area contributed by atoms with Gasteiger partial charge in [0.15, 0.2) is 0 Å². The van der Waals surface area contributed by atoms with Gasteiger partial charge in [0, 0.05) is 6.42 Å². The molecule has 203 valence electrons. The number of carbonyl (C=O) groups is 4. The third-order valence-electron chi connectivity index (χ3n) is 5.76. The number of carbonyl (C=O) groups excluding carboxylic acids is 5. The Hall–Kier alpha value is -4.25. The zero-order valence-corrected chi connectivity index (χ0v) is 21.3. The van der Waals surface area contributed by atoms with E-state index in [-0.39, 0.29) is 18.6 Å². The summed E-state index contributed by atoms with van der Waals surface area (Å²) in [5.74, 6) is -3.01. The summed E-state index contributed by atoms with van der Waals surface area (Å²) in [6.07, 6.45) is 1.42. The molecule has 0 spiro atoms. The van der Waals surface area contributed by atoms with Crippen LogP contribution >= 0.6 is 0 Å². The summed E-state index contributed by atoms with van der Waals surface area (Å²) in [6.45, 7) is 3.38. The van der Waals surface area contributed by atoms with E-state index in [2.05, 4.69) is 16.0 Å². The van der Waals surface area contributed by atoms with Crippen molar-refractivity contribution >= 4 is 29.9 Å². The first kappa shape index (κ1) is 30.0. The summed E-state index contributed by atoms with van der Waals surface area (Å²) >= 11 is 0. The molecule has 0 fully saturated rings. The highest BCUT2D eigenvalue weighted by Gasteiger charge is 2.31. The predicted octanol–water partition coefficient (Wildman–Crippen LogP) is -0.400. The van der Waals surface area contributed by atoms with Crippen LogP contribution in [0.2, 0.25) is 0 Å². The molecule has 0 aromatic heterocycles. The molecule has 8 N–H and O–H groups in total. The highest BCUT2D eigenvalue weighted by Crippen LogP contribution is 2.12. The number of phenols is 1. The summed E-state index contributed by atoms with van der Waals surface area (Å²) < 4.78 is 0. The van der Waals surface area contributed by atoms with Crippen molar-refractivity contribution in [2.24, 2.45) is 17.4 Å². The maximum atomic E-state index is 13.3. The van der Waals surface area contributed by atoms with Crippen molar-refractivity contribution in [3.8, 4) is 5.75 Å². The van der Waals surface area contributed by atoms with E-state index >= 15 is 0 Å². The lowest BCUT2D eigenvalue weighted by Crippen LogP contribution is -2.58. The molecule has 38 heavy (non-hydrogen) atoms. The highest BCUT2D eigenvalue weighted by molar-refractivity contribution is 5.94. The van der Waals surface area contributed by atoms with E-state index in [0.717, 1.165) is 11.1 Å². The highest BCUT2D eigenvalue weighted by atomic mass is 16.3. The van der Waals surface area contributed by atoms with Gasteiger partial charge in [-0.05, 0) is 35.6 Å². The summed E-state index contributed by atoms with van der Waals surface area (Å²) in [6, 6.07) is 10.9. The lowest BCUT2D eigenvalue weighted by molar-refractivity contribution is -0.133. The van der Waals surface area contributed by atoms with Crippen LogP contribution in [0.4, 0.5) is 0 Å². The molecule has 4 atom stereocenters. The lowest BCUT2D eigenvalue weighted by atomic mass is 10.00. The van der Waals surface area contributed by atoms with E-state index in [9.17, 15) is 29.1 Å². The third-order valence-corrected chi connectivity index (χ3v) is 5.76. The number of primary amides is 1. The molecule has 11 nitrogen and oxygen atoms in total. The Morgan fingerprint density at radius 2 is 1.45 bits per heavy atom. The molecular weight excluding hydrogens is 490 g/mol. The van der Waals surface area contributed by atoms with Gasteiger partial charge >= 0.3 is 0 Å². The molecule has 0 saturated carbocycles. The molecule has 0 aliphatic carbocycles. The molecule has 0 heterocycles. The van der Waals surface area contributed by atoms with Gasteiger partial charge in [-0.25, -0.2) is 0 Å². The average Bonchev–Trinajstić information content (AvgIpc) is 2.87. The summed E-state index contributed by atoms with van der Waals surface area (Å²) in [5.41, 5.74) is 12.7. The first-order valence-corrected chi connectivity index (χ1v) is 12.1. The monoisotopic (exact) mass is 524 g/mol. The largest absolute Gasteiger partial charge is 0.508 e. The fraction of sp³-hybridized carbons (Fsp3) is 0.370. The fourth-order valence-corrected chi connectivity index (χ4v) is 3.69. The number of phenolic OH excluding ortho intramolecular Hbond substituents is 1. The summed E-state index contributed by atoms with van der Waals surface area (Å²) in [7, 11) is 0. The fourth-order valence-electron chi connectivity index (χ4n) is 3.69. The van der Waals surface area contributed by atoms with Crippen LogP contribution in [0.3, 0.4) is 0 Å². The molecule has 0 unspecified atom stereocenters. The van der Waals surface area contributed by atoms with Gasteiger partial charge < -0.3 is 32.5 Å². The van der Waals surface area contributed by atoms with Crippen LogP contribution in [-0.4, -0.2) is 59.2 Å². The van der Waals surface area contributed by atoms with E-state index < -0.39 is 60.1 Å². The Kier molecular flexibility index (Phi) is 11.4. The van der Waals surface area contributed by atoms with Crippen molar-refractivity contribution < 1.29 is 29.1 Å². The number of aromatic hydroxyl groups is 1. The van der Waals surface area contributed by atoms with E-state index in [0.29, 0.717) is 0 Å². The number of nitrogens with two attached hydrogens (primary N) is 2. The maximum absolute atomic E-state index is 13.3. The minimum Gasteiger partial charge on any atom is -0.508 e. The van der Waals surface area contributed by atoms with Crippen molar-refractivity contribution in [1.29, 1.82) is 0 Å². The average molecular weight is 525 g/mol. The van der Waals surface area contributed by atoms with Crippen molar-refractivity contribution in [1.82, 2.24) is 16.0 Å². The van der Waals surface area contributed by atoms with Gasteiger partial charge in [0.2, 0.25) is 29.9 Å². The molecule has 11 heteroatoms. The maximum Gasteiger partial charge on any atom is 0.243 e. The molecule has 0 aliphatic rings. The van der Waals surface area contributed by atoms with Crippen LogP contribution < -0.4 is 27.4 Å². The molecule has 0 aliphatic heterocycles. The number of rotatable bonds is 14. The normalized spacial score (nSPS) is 14.0. The molecule has 4 amide bonds. The van der Waals surface area contributed by atoms with Crippen LogP contribution in [0.25, 0.3) is 0 Å². The molecule has 0 bridgehead atoms. The van der Waals surface area contributed by atoms with Gasteiger partial charge in [-0.2, -0.15) is 0 Å². The Labute approximate surface area is 221 Å². The van der Waals surface area contributed by atoms with E-state index in [4.69, 9.17) is 11.5 Å². The first-order chi connectivity index (χ1) is 18.0. The Bertz CT molecular complexity index is 1110. The number of hydrogen-bond acceptors (Lipinski definition) is 7. The molecular formula is C27H34N5O6. The predicted molar refractivity (Wildman–Crippen MR) is 140 cm³/mol. The van der Waals surface area contributed by atoms with Crippen LogP contribution in [0, 0.1) is 5.92 Å². The quantitative estimate of drug-likeness (QED) is 0.193. The number of amides is 4. The molecule has 2 aromatic carbocycles. The second-order valence-electron chi connectivity index (χ2n) is 9.31. The summed E-state index contributed by atoms with van der Waals surface area (Å²) in [5, 5.41) is 17.1. The van der Waals surface area contributed by atoms with Gasteiger partial charge in [0.25, 0.3) is 0 Å². The van der Waals surface area contributed by atoms with Crippen molar-refractivity contribution in [3.63, 3.8) is 0 Å². The van der Waals surface area contributed by atoms with E-state index in [1.165, 1.54) is 12.1 Å². The van der Waals surface area contributed by atoms with Gasteiger partial charge in [0.1, 0.15) is 23.9 Å². The topological polar surface area (TPSA) is 194 Å². The van der Waals surface area contributed by atoms with Crippen LogP contribution in [0.15, 0.2) is 54.6 Å². The Balaban J connectivity index is 2.17. The number of benzene rings is 2. The first-order valence-electron chi connectivity index (χ1n) is 12.1. The lowest BCUT2D eigenvalue weighted by Gasteiger charge is -2.27. The van der Waals surface area contributed by atoms with Crippen LogP contribution in [0.1, 0.15) is 31.4 Å². The summed E-state index contributed by atoms with van der Waals surface area (Å²) in [4.78, 5) is 61.4. The second-order valence-corrected chi connectivity index (χ2v) is 9.31. The van der Waals surface area contributed by atoms with Gasteiger partial charge in [-0.1, -0.05) is 56.3 Å². The zero-order chi connectivity index (χ0) is 28.2. The minimum atomic E-state index is -1.25. The van der Waals surface area contributed by atoms with E-state index in [1.54, 1.807) is 56.5 Å². The number of hydrogen-bond donors (Lipinski definition) is 6. The van der Waals surface area contributed by atoms with Crippen LogP contribution in [0.5, 0.6) is 5.75 Å². The van der Waals surface area contributed by atoms with Crippen LogP contribution in [-0.2, 0) is 36.8 Å². The Morgan fingerprint density at radius 3 is 2.00 bits per heavy atom. The molecule has 0 saturated heterocycles. The van der Waals surface area contributed by atoms with Crippen molar-refractivity contribution in [3.05, 3.63) is 65.7 Å². The standard InChI is InChI=1S/C27H34N5O6/c1-16(2)24(27(38)30-19(15-33)14-23(29)35)32-26(37)22(13-17-6-4-3-5-7-17)31-25(36)21(28)12-18-8-10-20(34)11-9-18/h3-11,16,19,21-22,24,34H,12-14,28H2,1-2H3,(H2,29,35)(H,30,38)(H,31,36)(H,32,37)/t19-,21+,22-,24-/m0/s1. The van der Waals surface area contributed by atoms with Gasteiger partial charge in [-0.15, -0.1) is 0 Å². The van der Waals surface area contributed by atoms with Crippen molar-refractivity contribution in [2.45, 2.75) is 57.3 Å². The Morgan fingerprint density at radius 1 is 0.842 bits per heavy atom. The SMILES string of the molecule is CC(C)[C@H](NC(=O)[C@H](Cc1ccccc1)NC(=O)[C@H](N)Cc1ccc(O)cc1)C(=O)N[C@H]([C]=O)CC(N)=O. The third kappa shape index (κ3) is 9.66. The number of nitrogens with one attached hydrogen (secondary N) is 3. The van der Waals surface area contributed by atoms with E-state index in [1.807, 2.05) is 6.07 Å².